The Balaban J connectivity index is 2.45. The maximum Gasteiger partial charge on any atom is 0.0672 e. The summed E-state index contributed by atoms with van der Waals surface area (Å²) in [5, 5.41) is 0. The van der Waals surface area contributed by atoms with E-state index in [1.54, 1.807) is 0 Å². The van der Waals surface area contributed by atoms with Crippen molar-refractivity contribution < 1.29 is 4.74 Å². The molecule has 3 unspecified atom stereocenters. The van der Waals surface area contributed by atoms with Gasteiger partial charge in [-0.1, -0.05) is 20.8 Å². The molecule has 1 fully saturated rings. The van der Waals surface area contributed by atoms with Crippen LogP contribution in [-0.4, -0.2) is 18.8 Å². The minimum absolute atomic E-state index is 0.209. The van der Waals surface area contributed by atoms with E-state index in [0.29, 0.717) is 18.1 Å². The number of nitrogens with two attached hydrogens (primary N) is 1. The number of rotatable bonds is 3. The quantitative estimate of drug-likeness (QED) is 0.758. The van der Waals surface area contributed by atoms with Gasteiger partial charge >= 0.3 is 0 Å². The lowest BCUT2D eigenvalue weighted by Gasteiger charge is -2.39. The molecular weight excluding hydrogens is 174 g/mol. The summed E-state index contributed by atoms with van der Waals surface area (Å²) in [6.07, 6.45) is 4.34. The zero-order chi connectivity index (χ0) is 10.8. The van der Waals surface area contributed by atoms with Crippen LogP contribution in [0.4, 0.5) is 0 Å². The maximum atomic E-state index is 5.92. The Kier molecular flexibility index (Phi) is 3.96. The second-order valence-corrected chi connectivity index (χ2v) is 5.72. The molecule has 2 N–H and O–H groups in total. The summed E-state index contributed by atoms with van der Waals surface area (Å²) < 4.78 is 5.92. The van der Waals surface area contributed by atoms with Crippen molar-refractivity contribution in [2.45, 2.75) is 59.2 Å². The van der Waals surface area contributed by atoms with Crippen LogP contribution in [0, 0.1) is 11.3 Å². The summed E-state index contributed by atoms with van der Waals surface area (Å²) in [4.78, 5) is 0. The third kappa shape index (κ3) is 3.58. The predicted molar refractivity (Wildman–Crippen MR) is 60.2 cm³/mol. The van der Waals surface area contributed by atoms with E-state index in [9.17, 15) is 0 Å². The molecule has 0 aromatic carbocycles. The molecule has 0 aromatic heterocycles. The first-order valence-electron chi connectivity index (χ1n) is 5.78. The first-order chi connectivity index (χ1) is 6.43. The summed E-state index contributed by atoms with van der Waals surface area (Å²) in [7, 11) is 0. The van der Waals surface area contributed by atoms with E-state index in [2.05, 4.69) is 27.7 Å². The van der Waals surface area contributed by atoms with Gasteiger partial charge in [-0.05, 0) is 37.5 Å². The van der Waals surface area contributed by atoms with Crippen molar-refractivity contribution in [3.63, 3.8) is 0 Å². The van der Waals surface area contributed by atoms with Gasteiger partial charge in [0, 0.05) is 6.54 Å². The average Bonchev–Trinajstić information content (AvgIpc) is 1.99. The molecule has 0 heterocycles. The molecule has 1 aliphatic carbocycles. The normalized spacial score (nSPS) is 34.1. The molecule has 1 rings (SSSR count). The van der Waals surface area contributed by atoms with E-state index in [1.165, 1.54) is 19.3 Å². The van der Waals surface area contributed by atoms with Gasteiger partial charge in [0.2, 0.25) is 0 Å². The van der Waals surface area contributed by atoms with E-state index < -0.39 is 0 Å². The Morgan fingerprint density at radius 2 is 2.07 bits per heavy atom. The Morgan fingerprint density at radius 3 is 2.57 bits per heavy atom. The Bertz CT molecular complexity index is 179. The van der Waals surface area contributed by atoms with Crippen molar-refractivity contribution in [2.24, 2.45) is 17.1 Å². The monoisotopic (exact) mass is 199 g/mol. The van der Waals surface area contributed by atoms with E-state index in [0.717, 1.165) is 5.92 Å². The standard InChI is InChI=1S/C12H25NO/c1-9-5-11(14-10(2)8-13)7-12(3,4)6-9/h9-11H,5-8,13H2,1-4H3. The lowest BCUT2D eigenvalue weighted by Crippen LogP contribution is -2.36. The zero-order valence-corrected chi connectivity index (χ0v) is 10.0. The molecule has 2 heteroatoms. The van der Waals surface area contributed by atoms with Gasteiger partial charge in [0.15, 0.2) is 0 Å². The van der Waals surface area contributed by atoms with Crippen molar-refractivity contribution in [1.29, 1.82) is 0 Å². The number of hydrogen-bond donors (Lipinski definition) is 1. The highest BCUT2D eigenvalue weighted by Gasteiger charge is 2.32. The third-order valence-corrected chi connectivity index (χ3v) is 3.10. The van der Waals surface area contributed by atoms with Crippen molar-refractivity contribution in [2.75, 3.05) is 6.54 Å². The first kappa shape index (κ1) is 12.0. The van der Waals surface area contributed by atoms with Crippen LogP contribution in [0.25, 0.3) is 0 Å². The Morgan fingerprint density at radius 1 is 1.43 bits per heavy atom. The summed E-state index contributed by atoms with van der Waals surface area (Å²) in [5.41, 5.74) is 6.01. The molecular formula is C12H25NO. The van der Waals surface area contributed by atoms with Crippen LogP contribution >= 0.6 is 0 Å². The molecule has 0 saturated heterocycles. The predicted octanol–water partition coefficient (Wildman–Crippen LogP) is 2.57. The van der Waals surface area contributed by atoms with Crippen LogP contribution in [0.3, 0.4) is 0 Å². The summed E-state index contributed by atoms with van der Waals surface area (Å²) in [5.74, 6) is 0.786. The highest BCUT2D eigenvalue weighted by Crippen LogP contribution is 2.39. The van der Waals surface area contributed by atoms with Crippen LogP contribution in [-0.2, 0) is 4.74 Å². The van der Waals surface area contributed by atoms with Crippen molar-refractivity contribution in [3.05, 3.63) is 0 Å². The largest absolute Gasteiger partial charge is 0.374 e. The molecule has 0 spiro atoms. The van der Waals surface area contributed by atoms with Crippen LogP contribution in [0.5, 0.6) is 0 Å². The van der Waals surface area contributed by atoms with Crippen LogP contribution in [0.2, 0.25) is 0 Å². The molecule has 1 aliphatic rings. The molecule has 3 atom stereocenters. The number of ether oxygens (including phenoxy) is 1. The Labute approximate surface area is 88.2 Å². The molecule has 14 heavy (non-hydrogen) atoms. The minimum Gasteiger partial charge on any atom is -0.374 e. The van der Waals surface area contributed by atoms with Gasteiger partial charge in [-0.3, -0.25) is 0 Å². The highest BCUT2D eigenvalue weighted by atomic mass is 16.5. The third-order valence-electron chi connectivity index (χ3n) is 3.10. The van der Waals surface area contributed by atoms with Crippen molar-refractivity contribution in [3.8, 4) is 0 Å². The van der Waals surface area contributed by atoms with E-state index in [-0.39, 0.29) is 6.10 Å². The summed E-state index contributed by atoms with van der Waals surface area (Å²) in [6, 6.07) is 0. The lowest BCUT2D eigenvalue weighted by molar-refractivity contribution is -0.0551. The van der Waals surface area contributed by atoms with Gasteiger partial charge in [-0.25, -0.2) is 0 Å². The maximum absolute atomic E-state index is 5.92. The Hall–Kier alpha value is -0.0800. The summed E-state index contributed by atoms with van der Waals surface area (Å²) in [6.45, 7) is 9.69. The fraction of sp³-hybridized carbons (Fsp3) is 1.00. The van der Waals surface area contributed by atoms with E-state index in [1.807, 2.05) is 0 Å². The fourth-order valence-corrected chi connectivity index (χ4v) is 2.75. The SMILES string of the molecule is CC1CC(OC(C)CN)CC(C)(C)C1. The molecule has 0 bridgehead atoms. The topological polar surface area (TPSA) is 35.2 Å². The molecule has 2 nitrogen and oxygen atoms in total. The molecule has 84 valence electrons. The second kappa shape index (κ2) is 4.63. The minimum atomic E-state index is 0.209. The molecule has 1 saturated carbocycles. The smallest absolute Gasteiger partial charge is 0.0672 e. The van der Waals surface area contributed by atoms with Gasteiger partial charge in [-0.2, -0.15) is 0 Å². The second-order valence-electron chi connectivity index (χ2n) is 5.72. The van der Waals surface area contributed by atoms with Gasteiger partial charge < -0.3 is 10.5 Å². The van der Waals surface area contributed by atoms with Crippen LogP contribution in [0.1, 0.15) is 47.0 Å². The lowest BCUT2D eigenvalue weighted by atomic mass is 9.71. The molecule has 0 amide bonds. The molecule has 0 radical (unpaired) electrons. The fourth-order valence-electron chi connectivity index (χ4n) is 2.75. The molecule has 0 aliphatic heterocycles. The van der Waals surface area contributed by atoms with Crippen LogP contribution in [0.15, 0.2) is 0 Å². The number of hydrogen-bond acceptors (Lipinski definition) is 2. The highest BCUT2D eigenvalue weighted by molar-refractivity contribution is 4.83. The molecule has 0 aromatic rings. The van der Waals surface area contributed by atoms with Gasteiger partial charge in [-0.15, -0.1) is 0 Å². The van der Waals surface area contributed by atoms with Crippen molar-refractivity contribution in [1.82, 2.24) is 0 Å². The first-order valence-corrected chi connectivity index (χ1v) is 5.78. The van der Waals surface area contributed by atoms with Crippen LogP contribution < -0.4 is 5.73 Å². The van der Waals surface area contributed by atoms with Gasteiger partial charge in [0.1, 0.15) is 0 Å². The van der Waals surface area contributed by atoms with Gasteiger partial charge in [0.25, 0.3) is 0 Å². The average molecular weight is 199 g/mol. The van der Waals surface area contributed by atoms with Crippen molar-refractivity contribution >= 4 is 0 Å². The zero-order valence-electron chi connectivity index (χ0n) is 10.0. The van der Waals surface area contributed by atoms with Gasteiger partial charge in [0.05, 0.1) is 12.2 Å². The summed E-state index contributed by atoms with van der Waals surface area (Å²) >= 11 is 0. The van der Waals surface area contributed by atoms with E-state index in [4.69, 9.17) is 10.5 Å². The van der Waals surface area contributed by atoms with E-state index >= 15 is 0 Å².